The first-order chi connectivity index (χ1) is 9.97. The van der Waals surface area contributed by atoms with Crippen molar-refractivity contribution in [3.8, 4) is 11.5 Å². The summed E-state index contributed by atoms with van der Waals surface area (Å²) in [4.78, 5) is 0. The number of rotatable bonds is 9. The molecule has 0 bridgehead atoms. The molecule has 0 aliphatic heterocycles. The molecule has 1 unspecified atom stereocenters. The van der Waals surface area contributed by atoms with Crippen LogP contribution in [0, 0.1) is 0 Å². The summed E-state index contributed by atoms with van der Waals surface area (Å²) in [6.45, 7) is 7.57. The van der Waals surface area contributed by atoms with E-state index in [4.69, 9.17) is 25.8 Å². The Morgan fingerprint density at radius 2 is 1.90 bits per heavy atom. The van der Waals surface area contributed by atoms with E-state index < -0.39 is 0 Å². The van der Waals surface area contributed by atoms with E-state index in [0.717, 1.165) is 17.7 Å². The van der Waals surface area contributed by atoms with Gasteiger partial charge in [0.05, 0.1) is 13.2 Å². The molecule has 120 valence electrons. The Bertz CT molecular complexity index is 438. The van der Waals surface area contributed by atoms with Crippen molar-refractivity contribution in [2.24, 2.45) is 0 Å². The summed E-state index contributed by atoms with van der Waals surface area (Å²) in [5, 5.41) is 4.02. The Labute approximate surface area is 132 Å². The van der Waals surface area contributed by atoms with E-state index in [9.17, 15) is 0 Å². The molecule has 1 N–H and O–H groups in total. The van der Waals surface area contributed by atoms with Crippen molar-refractivity contribution in [2.45, 2.75) is 45.9 Å². The smallest absolute Gasteiger partial charge is 0.166 e. The molecule has 1 rings (SSSR count). The second kappa shape index (κ2) is 9.13. The molecule has 21 heavy (non-hydrogen) atoms. The Kier molecular flexibility index (Phi) is 7.86. The molecule has 0 saturated heterocycles. The van der Waals surface area contributed by atoms with Crippen LogP contribution < -0.4 is 14.8 Å². The van der Waals surface area contributed by atoms with Gasteiger partial charge in [0.15, 0.2) is 11.5 Å². The highest BCUT2D eigenvalue weighted by molar-refractivity contribution is 6.30. The molecule has 0 amide bonds. The molecule has 0 aromatic heterocycles. The highest BCUT2D eigenvalue weighted by atomic mass is 35.5. The fourth-order valence-electron chi connectivity index (χ4n) is 1.90. The molecule has 0 spiro atoms. The van der Waals surface area contributed by atoms with Gasteiger partial charge in [0.25, 0.3) is 0 Å². The van der Waals surface area contributed by atoms with Crippen molar-refractivity contribution in [3.05, 3.63) is 22.7 Å². The van der Waals surface area contributed by atoms with E-state index in [0.29, 0.717) is 30.0 Å². The maximum absolute atomic E-state index is 6.15. The van der Waals surface area contributed by atoms with Crippen molar-refractivity contribution < 1.29 is 14.2 Å². The summed E-state index contributed by atoms with van der Waals surface area (Å²) < 4.78 is 16.6. The molecular formula is C16H26ClNO3. The molecule has 1 aromatic carbocycles. The van der Waals surface area contributed by atoms with Crippen LogP contribution >= 0.6 is 11.6 Å². The molecule has 0 fully saturated rings. The summed E-state index contributed by atoms with van der Waals surface area (Å²) in [6, 6.07) is 4.07. The number of hydrogen-bond donors (Lipinski definition) is 1. The van der Waals surface area contributed by atoms with Gasteiger partial charge in [0.1, 0.15) is 0 Å². The number of hydrogen-bond acceptors (Lipinski definition) is 4. The first-order valence-corrected chi connectivity index (χ1v) is 7.61. The van der Waals surface area contributed by atoms with Crippen molar-refractivity contribution in [3.63, 3.8) is 0 Å². The van der Waals surface area contributed by atoms with Crippen LogP contribution in [-0.4, -0.2) is 33.0 Å². The Morgan fingerprint density at radius 3 is 2.48 bits per heavy atom. The summed E-state index contributed by atoms with van der Waals surface area (Å²) >= 11 is 6.15. The second-order valence-corrected chi connectivity index (χ2v) is 5.78. The first-order valence-electron chi connectivity index (χ1n) is 7.23. The topological polar surface area (TPSA) is 39.7 Å². The Hall–Kier alpha value is -0.970. The number of methoxy groups -OCH3 is 2. The minimum Gasteiger partial charge on any atom is -0.493 e. The van der Waals surface area contributed by atoms with Crippen LogP contribution in [0.4, 0.5) is 0 Å². The largest absolute Gasteiger partial charge is 0.493 e. The van der Waals surface area contributed by atoms with Gasteiger partial charge >= 0.3 is 0 Å². The summed E-state index contributed by atoms with van der Waals surface area (Å²) in [6.07, 6.45) is 0.858. The second-order valence-electron chi connectivity index (χ2n) is 5.34. The van der Waals surface area contributed by atoms with Gasteiger partial charge in [-0.05, 0) is 13.0 Å². The van der Waals surface area contributed by atoms with E-state index in [2.05, 4.69) is 19.2 Å². The first kappa shape index (κ1) is 18.1. The zero-order chi connectivity index (χ0) is 15.8. The molecule has 1 aromatic rings. The van der Waals surface area contributed by atoms with Crippen LogP contribution in [0.1, 0.15) is 32.8 Å². The Morgan fingerprint density at radius 1 is 1.19 bits per heavy atom. The van der Waals surface area contributed by atoms with Crippen molar-refractivity contribution >= 4 is 11.6 Å². The van der Waals surface area contributed by atoms with Gasteiger partial charge in [0.2, 0.25) is 0 Å². The SMILES string of the molecule is COCCC(C)Oc1c(CNC(C)C)cc(Cl)cc1OC. The average molecular weight is 316 g/mol. The molecule has 1 atom stereocenters. The van der Waals surface area contributed by atoms with E-state index in [1.807, 2.05) is 13.0 Å². The molecule has 0 radical (unpaired) electrons. The standard InChI is InChI=1S/C16H26ClNO3/c1-11(2)18-10-13-8-14(17)9-15(20-5)16(13)21-12(3)6-7-19-4/h8-9,11-12,18H,6-7,10H2,1-5H3. The van der Waals surface area contributed by atoms with Crippen LogP contribution in [-0.2, 0) is 11.3 Å². The zero-order valence-corrected chi connectivity index (χ0v) is 14.3. The van der Waals surface area contributed by atoms with E-state index in [1.54, 1.807) is 20.3 Å². The maximum atomic E-state index is 6.15. The quantitative estimate of drug-likeness (QED) is 0.755. The van der Waals surface area contributed by atoms with Gasteiger partial charge in [-0.3, -0.25) is 0 Å². The minimum atomic E-state index is 0.0397. The highest BCUT2D eigenvalue weighted by Gasteiger charge is 2.16. The zero-order valence-electron chi connectivity index (χ0n) is 13.5. The number of benzene rings is 1. The lowest BCUT2D eigenvalue weighted by atomic mass is 10.1. The predicted molar refractivity (Wildman–Crippen MR) is 86.6 cm³/mol. The summed E-state index contributed by atoms with van der Waals surface area (Å²) in [7, 11) is 3.31. The molecular weight excluding hydrogens is 290 g/mol. The van der Waals surface area contributed by atoms with Crippen LogP contribution in [0.2, 0.25) is 5.02 Å². The van der Waals surface area contributed by atoms with Gasteiger partial charge in [-0.15, -0.1) is 0 Å². The normalized spacial score (nSPS) is 12.5. The molecule has 5 heteroatoms. The number of ether oxygens (including phenoxy) is 3. The van der Waals surface area contributed by atoms with Gasteiger partial charge in [-0.2, -0.15) is 0 Å². The van der Waals surface area contributed by atoms with Gasteiger partial charge in [-0.1, -0.05) is 25.4 Å². The maximum Gasteiger partial charge on any atom is 0.166 e. The van der Waals surface area contributed by atoms with Gasteiger partial charge < -0.3 is 19.5 Å². The van der Waals surface area contributed by atoms with Crippen LogP contribution in [0.3, 0.4) is 0 Å². The van der Waals surface area contributed by atoms with E-state index >= 15 is 0 Å². The lowest BCUT2D eigenvalue weighted by Crippen LogP contribution is -2.23. The molecule has 0 aliphatic rings. The van der Waals surface area contributed by atoms with E-state index in [-0.39, 0.29) is 6.10 Å². The van der Waals surface area contributed by atoms with Crippen molar-refractivity contribution in [2.75, 3.05) is 20.8 Å². The van der Waals surface area contributed by atoms with Gasteiger partial charge in [-0.25, -0.2) is 0 Å². The monoisotopic (exact) mass is 315 g/mol. The fourth-order valence-corrected chi connectivity index (χ4v) is 2.13. The molecule has 0 saturated carbocycles. The summed E-state index contributed by atoms with van der Waals surface area (Å²) in [5.41, 5.74) is 0.998. The van der Waals surface area contributed by atoms with Crippen molar-refractivity contribution in [1.29, 1.82) is 0 Å². The summed E-state index contributed by atoms with van der Waals surface area (Å²) in [5.74, 6) is 1.41. The Balaban J connectivity index is 2.95. The number of halogens is 1. The predicted octanol–water partition coefficient (Wildman–Crippen LogP) is 3.65. The minimum absolute atomic E-state index is 0.0397. The van der Waals surface area contributed by atoms with E-state index in [1.165, 1.54) is 0 Å². The van der Waals surface area contributed by atoms with Crippen LogP contribution in [0.25, 0.3) is 0 Å². The molecule has 0 aliphatic carbocycles. The number of nitrogens with one attached hydrogen (secondary N) is 1. The van der Waals surface area contributed by atoms with Crippen LogP contribution in [0.15, 0.2) is 12.1 Å². The van der Waals surface area contributed by atoms with Crippen LogP contribution in [0.5, 0.6) is 11.5 Å². The lowest BCUT2D eigenvalue weighted by molar-refractivity contribution is 0.132. The van der Waals surface area contributed by atoms with Crippen molar-refractivity contribution in [1.82, 2.24) is 5.32 Å². The fraction of sp³-hybridized carbons (Fsp3) is 0.625. The third-order valence-corrected chi connectivity index (χ3v) is 3.28. The lowest BCUT2D eigenvalue weighted by Gasteiger charge is -2.21. The third-order valence-electron chi connectivity index (χ3n) is 3.06. The molecule has 4 nitrogen and oxygen atoms in total. The molecule has 0 heterocycles. The average Bonchev–Trinajstić information content (AvgIpc) is 2.44. The third kappa shape index (κ3) is 6.12. The van der Waals surface area contributed by atoms with Gasteiger partial charge in [0, 0.05) is 49.4 Å². The highest BCUT2D eigenvalue weighted by Crippen LogP contribution is 2.35.